The summed E-state index contributed by atoms with van der Waals surface area (Å²) in [5.74, 6) is -0.270. The summed E-state index contributed by atoms with van der Waals surface area (Å²) < 4.78 is 14.6. The van der Waals surface area contributed by atoms with Crippen LogP contribution < -0.4 is 5.73 Å². The first-order valence-corrected chi connectivity index (χ1v) is 7.10. The molecule has 0 radical (unpaired) electrons. The first kappa shape index (κ1) is 13.7. The standard InChI is InChI=1S/C14H12Br2FN/c15-11-3-1-2-9(6-11)7-14(18)10-4-5-13(17)12(16)8-10/h1-6,8,14H,7,18H2. The third kappa shape index (κ3) is 3.40. The van der Waals surface area contributed by atoms with Gasteiger partial charge in [-0.1, -0.05) is 34.1 Å². The van der Waals surface area contributed by atoms with Gasteiger partial charge in [0.2, 0.25) is 0 Å². The summed E-state index contributed by atoms with van der Waals surface area (Å²) in [7, 11) is 0. The highest BCUT2D eigenvalue weighted by atomic mass is 79.9. The number of rotatable bonds is 3. The van der Waals surface area contributed by atoms with Crippen LogP contribution in [-0.4, -0.2) is 0 Å². The van der Waals surface area contributed by atoms with Crippen molar-refractivity contribution in [2.75, 3.05) is 0 Å². The second-order valence-electron chi connectivity index (χ2n) is 4.11. The molecular weight excluding hydrogens is 361 g/mol. The summed E-state index contributed by atoms with van der Waals surface area (Å²) in [6.07, 6.45) is 0.720. The molecular formula is C14H12Br2FN. The van der Waals surface area contributed by atoms with E-state index in [2.05, 4.69) is 31.9 Å². The van der Waals surface area contributed by atoms with Crippen molar-refractivity contribution in [1.29, 1.82) is 0 Å². The van der Waals surface area contributed by atoms with Gasteiger partial charge in [0.05, 0.1) is 4.47 Å². The molecule has 4 heteroatoms. The Bertz CT molecular complexity index is 557. The molecule has 0 saturated carbocycles. The maximum absolute atomic E-state index is 13.1. The lowest BCUT2D eigenvalue weighted by Gasteiger charge is -2.13. The van der Waals surface area contributed by atoms with Crippen molar-refractivity contribution in [2.24, 2.45) is 5.73 Å². The van der Waals surface area contributed by atoms with E-state index in [-0.39, 0.29) is 11.9 Å². The van der Waals surface area contributed by atoms with Crippen molar-refractivity contribution in [1.82, 2.24) is 0 Å². The minimum Gasteiger partial charge on any atom is -0.324 e. The van der Waals surface area contributed by atoms with Gasteiger partial charge in [0.15, 0.2) is 0 Å². The Labute approximate surface area is 122 Å². The van der Waals surface area contributed by atoms with E-state index >= 15 is 0 Å². The molecule has 0 amide bonds. The van der Waals surface area contributed by atoms with E-state index in [4.69, 9.17) is 5.73 Å². The van der Waals surface area contributed by atoms with Crippen LogP contribution in [0.15, 0.2) is 51.4 Å². The van der Waals surface area contributed by atoms with Crippen molar-refractivity contribution in [3.8, 4) is 0 Å². The highest BCUT2D eigenvalue weighted by molar-refractivity contribution is 9.10. The molecule has 2 N–H and O–H groups in total. The smallest absolute Gasteiger partial charge is 0.137 e. The van der Waals surface area contributed by atoms with E-state index in [0.29, 0.717) is 4.47 Å². The van der Waals surface area contributed by atoms with E-state index in [0.717, 1.165) is 22.0 Å². The monoisotopic (exact) mass is 371 g/mol. The predicted octanol–water partition coefficient (Wildman–Crippen LogP) is 4.59. The van der Waals surface area contributed by atoms with Crippen LogP contribution in [-0.2, 0) is 6.42 Å². The SMILES string of the molecule is NC(Cc1cccc(Br)c1)c1ccc(F)c(Br)c1. The van der Waals surface area contributed by atoms with Crippen molar-refractivity contribution < 1.29 is 4.39 Å². The lowest BCUT2D eigenvalue weighted by Crippen LogP contribution is -2.13. The fourth-order valence-electron chi connectivity index (χ4n) is 1.78. The zero-order valence-electron chi connectivity index (χ0n) is 9.54. The number of hydrogen-bond acceptors (Lipinski definition) is 1. The molecule has 0 aliphatic rings. The second-order valence-corrected chi connectivity index (χ2v) is 5.88. The van der Waals surface area contributed by atoms with Gasteiger partial charge in [-0.2, -0.15) is 0 Å². The maximum atomic E-state index is 13.1. The van der Waals surface area contributed by atoms with E-state index in [9.17, 15) is 4.39 Å². The highest BCUT2D eigenvalue weighted by Crippen LogP contribution is 2.23. The third-order valence-electron chi connectivity index (χ3n) is 2.72. The van der Waals surface area contributed by atoms with Crippen LogP contribution in [0.5, 0.6) is 0 Å². The first-order valence-electron chi connectivity index (χ1n) is 5.51. The third-order valence-corrected chi connectivity index (χ3v) is 3.82. The van der Waals surface area contributed by atoms with Crippen LogP contribution in [0.1, 0.15) is 17.2 Å². The average molecular weight is 373 g/mol. The molecule has 1 atom stereocenters. The van der Waals surface area contributed by atoms with Gasteiger partial charge in [-0.15, -0.1) is 0 Å². The minimum absolute atomic E-state index is 0.142. The Morgan fingerprint density at radius 1 is 1.11 bits per heavy atom. The topological polar surface area (TPSA) is 26.0 Å². The fraction of sp³-hybridized carbons (Fsp3) is 0.143. The molecule has 18 heavy (non-hydrogen) atoms. The Morgan fingerprint density at radius 2 is 1.89 bits per heavy atom. The van der Waals surface area contributed by atoms with Crippen LogP contribution in [0.3, 0.4) is 0 Å². The molecule has 0 bridgehead atoms. The second kappa shape index (κ2) is 5.95. The molecule has 1 unspecified atom stereocenters. The van der Waals surface area contributed by atoms with Crippen molar-refractivity contribution in [3.63, 3.8) is 0 Å². The maximum Gasteiger partial charge on any atom is 0.137 e. The predicted molar refractivity (Wildman–Crippen MR) is 78.9 cm³/mol. The van der Waals surface area contributed by atoms with Crippen molar-refractivity contribution in [3.05, 3.63) is 68.4 Å². The van der Waals surface area contributed by atoms with Crippen LogP contribution in [0.2, 0.25) is 0 Å². The quantitative estimate of drug-likeness (QED) is 0.837. The van der Waals surface area contributed by atoms with Gasteiger partial charge in [-0.25, -0.2) is 4.39 Å². The largest absolute Gasteiger partial charge is 0.324 e. The first-order chi connectivity index (χ1) is 8.56. The van der Waals surface area contributed by atoms with Gasteiger partial charge in [-0.05, 0) is 57.7 Å². The Balaban J connectivity index is 2.16. The molecule has 2 aromatic carbocycles. The van der Waals surface area contributed by atoms with Crippen LogP contribution in [0, 0.1) is 5.82 Å². The molecule has 0 aliphatic carbocycles. The zero-order chi connectivity index (χ0) is 13.1. The molecule has 2 rings (SSSR count). The summed E-state index contributed by atoms with van der Waals surface area (Å²) in [4.78, 5) is 0. The van der Waals surface area contributed by atoms with Crippen LogP contribution in [0.4, 0.5) is 4.39 Å². The number of benzene rings is 2. The van der Waals surface area contributed by atoms with E-state index < -0.39 is 0 Å². The van der Waals surface area contributed by atoms with Crippen molar-refractivity contribution in [2.45, 2.75) is 12.5 Å². The summed E-state index contributed by atoms with van der Waals surface area (Å²) in [6, 6.07) is 12.8. The number of nitrogens with two attached hydrogens (primary N) is 1. The van der Waals surface area contributed by atoms with E-state index in [1.54, 1.807) is 12.1 Å². The molecule has 0 saturated heterocycles. The average Bonchev–Trinajstić information content (AvgIpc) is 2.32. The molecule has 1 nitrogen and oxygen atoms in total. The van der Waals surface area contributed by atoms with Crippen LogP contribution in [0.25, 0.3) is 0 Å². The van der Waals surface area contributed by atoms with E-state index in [1.807, 2.05) is 24.3 Å². The molecule has 0 fully saturated rings. The summed E-state index contributed by atoms with van der Waals surface area (Å²) in [5.41, 5.74) is 8.21. The van der Waals surface area contributed by atoms with Gasteiger partial charge < -0.3 is 5.73 Å². The molecule has 0 spiro atoms. The highest BCUT2D eigenvalue weighted by Gasteiger charge is 2.09. The zero-order valence-corrected chi connectivity index (χ0v) is 12.7. The molecule has 94 valence electrons. The summed E-state index contributed by atoms with van der Waals surface area (Å²) in [6.45, 7) is 0. The molecule has 0 aromatic heterocycles. The lowest BCUT2D eigenvalue weighted by atomic mass is 10.00. The summed E-state index contributed by atoms with van der Waals surface area (Å²) in [5, 5.41) is 0. The normalized spacial score (nSPS) is 12.4. The fourth-order valence-corrected chi connectivity index (χ4v) is 2.62. The van der Waals surface area contributed by atoms with Gasteiger partial charge >= 0.3 is 0 Å². The summed E-state index contributed by atoms with van der Waals surface area (Å²) >= 11 is 6.60. The Hall–Kier alpha value is -0.710. The number of hydrogen-bond donors (Lipinski definition) is 1. The van der Waals surface area contributed by atoms with Gasteiger partial charge in [0.25, 0.3) is 0 Å². The van der Waals surface area contributed by atoms with Gasteiger partial charge in [0, 0.05) is 10.5 Å². The minimum atomic E-state index is -0.270. The van der Waals surface area contributed by atoms with Crippen LogP contribution >= 0.6 is 31.9 Å². The Kier molecular flexibility index (Phi) is 4.54. The molecule has 0 aliphatic heterocycles. The van der Waals surface area contributed by atoms with Crippen molar-refractivity contribution >= 4 is 31.9 Å². The van der Waals surface area contributed by atoms with Gasteiger partial charge in [-0.3, -0.25) is 0 Å². The van der Waals surface area contributed by atoms with E-state index in [1.165, 1.54) is 6.07 Å². The lowest BCUT2D eigenvalue weighted by molar-refractivity contribution is 0.617. The van der Waals surface area contributed by atoms with Gasteiger partial charge in [0.1, 0.15) is 5.82 Å². The Morgan fingerprint density at radius 3 is 2.56 bits per heavy atom. The molecule has 2 aromatic rings. The number of halogens is 3. The molecule has 0 heterocycles.